The predicted molar refractivity (Wildman–Crippen MR) is 62.6 cm³/mol. The van der Waals surface area contributed by atoms with E-state index in [0.717, 1.165) is 5.92 Å². The Bertz CT molecular complexity index is 228. The molecule has 2 N–H and O–H groups in total. The second-order valence-electron chi connectivity index (χ2n) is 4.31. The van der Waals surface area contributed by atoms with Gasteiger partial charge in [-0.05, 0) is 25.7 Å². The van der Waals surface area contributed by atoms with Gasteiger partial charge in [0.05, 0.1) is 6.04 Å². The van der Waals surface area contributed by atoms with Gasteiger partial charge in [-0.15, -0.1) is 6.58 Å². The number of nitrogens with one attached hydrogen (secondary N) is 2. The highest BCUT2D eigenvalue weighted by Crippen LogP contribution is 2.34. The lowest BCUT2D eigenvalue weighted by atomic mass is 10.2. The molecule has 1 fully saturated rings. The number of hydrogen-bond donors (Lipinski definition) is 2. The van der Waals surface area contributed by atoms with Crippen LogP contribution in [0.4, 0.5) is 0 Å². The Kier molecular flexibility index (Phi) is 4.82. The highest BCUT2D eigenvalue weighted by Gasteiger charge is 2.37. The Balaban J connectivity index is 2.16. The second kappa shape index (κ2) is 5.91. The van der Waals surface area contributed by atoms with Crippen LogP contribution in [0.1, 0.15) is 33.1 Å². The zero-order valence-electron chi connectivity index (χ0n) is 9.75. The Morgan fingerprint density at radius 2 is 2.40 bits per heavy atom. The van der Waals surface area contributed by atoms with Gasteiger partial charge in [0.2, 0.25) is 5.91 Å². The molecule has 3 unspecified atom stereocenters. The molecule has 0 aliphatic heterocycles. The second-order valence-corrected chi connectivity index (χ2v) is 4.31. The first-order chi connectivity index (χ1) is 7.19. The maximum absolute atomic E-state index is 11.5. The van der Waals surface area contributed by atoms with Crippen LogP contribution in [0.5, 0.6) is 0 Å². The summed E-state index contributed by atoms with van der Waals surface area (Å²) in [7, 11) is 0. The van der Waals surface area contributed by atoms with Gasteiger partial charge >= 0.3 is 0 Å². The number of carbonyl (C=O) groups is 1. The number of amides is 1. The van der Waals surface area contributed by atoms with Gasteiger partial charge < -0.3 is 10.6 Å². The van der Waals surface area contributed by atoms with Crippen molar-refractivity contribution < 1.29 is 4.79 Å². The largest absolute Gasteiger partial charge is 0.351 e. The molecule has 86 valence electrons. The maximum atomic E-state index is 11.5. The fourth-order valence-corrected chi connectivity index (χ4v) is 1.86. The van der Waals surface area contributed by atoms with Gasteiger partial charge in [-0.1, -0.05) is 19.4 Å². The average Bonchev–Trinajstić information content (AvgIpc) is 2.93. The number of carbonyl (C=O) groups excluding carboxylic acids is 1. The van der Waals surface area contributed by atoms with E-state index in [0.29, 0.717) is 12.6 Å². The quantitative estimate of drug-likeness (QED) is 0.625. The molecule has 3 atom stereocenters. The van der Waals surface area contributed by atoms with Crippen LogP contribution in [0.2, 0.25) is 0 Å². The van der Waals surface area contributed by atoms with Crippen LogP contribution in [0.15, 0.2) is 12.7 Å². The lowest BCUT2D eigenvalue weighted by Gasteiger charge is -2.13. The molecule has 15 heavy (non-hydrogen) atoms. The fourth-order valence-electron chi connectivity index (χ4n) is 1.86. The van der Waals surface area contributed by atoms with E-state index in [2.05, 4.69) is 24.1 Å². The summed E-state index contributed by atoms with van der Waals surface area (Å²) >= 11 is 0. The third-order valence-electron chi connectivity index (χ3n) is 2.86. The van der Waals surface area contributed by atoms with E-state index in [1.807, 2.05) is 6.92 Å². The summed E-state index contributed by atoms with van der Waals surface area (Å²) in [6, 6.07) is 0.478. The van der Waals surface area contributed by atoms with E-state index in [1.54, 1.807) is 6.08 Å². The summed E-state index contributed by atoms with van der Waals surface area (Å²) in [4.78, 5) is 11.5. The predicted octanol–water partition coefficient (Wildman–Crippen LogP) is 1.46. The van der Waals surface area contributed by atoms with Crippen molar-refractivity contribution in [1.82, 2.24) is 10.6 Å². The van der Waals surface area contributed by atoms with Gasteiger partial charge in [0, 0.05) is 12.6 Å². The van der Waals surface area contributed by atoms with Crippen LogP contribution in [0.25, 0.3) is 0 Å². The standard InChI is InChI=1S/C12H22N2O/c1-4-6-10-8-11(10)14-9(3)12(15)13-7-5-2/h5,9-11,14H,2,4,6-8H2,1,3H3,(H,13,15). The molecule has 1 saturated carbocycles. The molecule has 1 aliphatic rings. The molecule has 0 spiro atoms. The molecule has 0 bridgehead atoms. The molecule has 0 radical (unpaired) electrons. The van der Waals surface area contributed by atoms with Crippen LogP contribution >= 0.6 is 0 Å². The zero-order valence-corrected chi connectivity index (χ0v) is 9.75. The Morgan fingerprint density at radius 3 is 3.00 bits per heavy atom. The summed E-state index contributed by atoms with van der Waals surface area (Å²) in [5.74, 6) is 0.863. The lowest BCUT2D eigenvalue weighted by Crippen LogP contribution is -2.43. The van der Waals surface area contributed by atoms with E-state index >= 15 is 0 Å². The average molecular weight is 210 g/mol. The van der Waals surface area contributed by atoms with Gasteiger partial charge in [-0.2, -0.15) is 0 Å². The molecule has 0 aromatic heterocycles. The van der Waals surface area contributed by atoms with Crippen LogP contribution in [0, 0.1) is 5.92 Å². The smallest absolute Gasteiger partial charge is 0.237 e. The minimum Gasteiger partial charge on any atom is -0.351 e. The molecular weight excluding hydrogens is 188 g/mol. The molecule has 3 nitrogen and oxygen atoms in total. The van der Waals surface area contributed by atoms with Gasteiger partial charge in [-0.3, -0.25) is 4.79 Å². The van der Waals surface area contributed by atoms with Crippen molar-refractivity contribution in [3.63, 3.8) is 0 Å². The van der Waals surface area contributed by atoms with Crippen molar-refractivity contribution in [3.05, 3.63) is 12.7 Å². The summed E-state index contributed by atoms with van der Waals surface area (Å²) in [5.41, 5.74) is 0. The van der Waals surface area contributed by atoms with E-state index in [9.17, 15) is 4.79 Å². The summed E-state index contributed by atoms with van der Waals surface area (Å²) in [6.45, 7) is 8.24. The van der Waals surface area contributed by atoms with Crippen molar-refractivity contribution in [2.45, 2.75) is 45.2 Å². The Labute approximate surface area is 92.3 Å². The zero-order chi connectivity index (χ0) is 11.3. The number of hydrogen-bond acceptors (Lipinski definition) is 2. The Morgan fingerprint density at radius 1 is 1.67 bits per heavy atom. The van der Waals surface area contributed by atoms with Gasteiger partial charge in [0.1, 0.15) is 0 Å². The SMILES string of the molecule is C=CCNC(=O)C(C)NC1CC1CCC. The molecule has 0 aromatic rings. The van der Waals surface area contributed by atoms with Crippen LogP contribution in [-0.2, 0) is 4.79 Å². The summed E-state index contributed by atoms with van der Waals surface area (Å²) < 4.78 is 0. The van der Waals surface area contributed by atoms with Crippen LogP contribution in [-0.4, -0.2) is 24.5 Å². The van der Waals surface area contributed by atoms with E-state index in [1.165, 1.54) is 19.3 Å². The van der Waals surface area contributed by atoms with Crippen LogP contribution in [0.3, 0.4) is 0 Å². The normalized spacial score (nSPS) is 25.7. The van der Waals surface area contributed by atoms with Crippen LogP contribution < -0.4 is 10.6 Å². The van der Waals surface area contributed by atoms with Crippen molar-refractivity contribution in [3.8, 4) is 0 Å². The van der Waals surface area contributed by atoms with Crippen molar-refractivity contribution in [2.75, 3.05) is 6.54 Å². The molecular formula is C12H22N2O. The minimum atomic E-state index is -0.0863. The number of rotatable bonds is 7. The van der Waals surface area contributed by atoms with Gasteiger partial charge in [-0.25, -0.2) is 0 Å². The van der Waals surface area contributed by atoms with Gasteiger partial charge in [0.15, 0.2) is 0 Å². The van der Waals surface area contributed by atoms with Crippen molar-refractivity contribution in [1.29, 1.82) is 0 Å². The summed E-state index contributed by atoms with van der Waals surface area (Å²) in [5, 5.41) is 6.14. The maximum Gasteiger partial charge on any atom is 0.237 e. The highest BCUT2D eigenvalue weighted by molar-refractivity contribution is 5.81. The Hall–Kier alpha value is -0.830. The third kappa shape index (κ3) is 4.04. The molecule has 1 rings (SSSR count). The summed E-state index contributed by atoms with van der Waals surface area (Å²) in [6.07, 6.45) is 5.44. The third-order valence-corrected chi connectivity index (χ3v) is 2.86. The molecule has 1 amide bonds. The van der Waals surface area contributed by atoms with E-state index < -0.39 is 0 Å². The first-order valence-corrected chi connectivity index (χ1v) is 5.83. The highest BCUT2D eigenvalue weighted by atomic mass is 16.2. The molecule has 0 saturated heterocycles. The molecule has 3 heteroatoms. The van der Waals surface area contributed by atoms with E-state index in [-0.39, 0.29) is 11.9 Å². The first kappa shape index (κ1) is 12.2. The fraction of sp³-hybridized carbons (Fsp3) is 0.750. The first-order valence-electron chi connectivity index (χ1n) is 5.83. The molecule has 0 heterocycles. The molecule has 1 aliphatic carbocycles. The van der Waals surface area contributed by atoms with Crippen molar-refractivity contribution in [2.24, 2.45) is 5.92 Å². The lowest BCUT2D eigenvalue weighted by molar-refractivity contribution is -0.122. The van der Waals surface area contributed by atoms with Crippen molar-refractivity contribution >= 4 is 5.91 Å². The molecule has 0 aromatic carbocycles. The van der Waals surface area contributed by atoms with Gasteiger partial charge in [0.25, 0.3) is 0 Å². The monoisotopic (exact) mass is 210 g/mol. The minimum absolute atomic E-state index is 0.0667. The topological polar surface area (TPSA) is 41.1 Å². The van der Waals surface area contributed by atoms with E-state index in [4.69, 9.17) is 0 Å².